The summed E-state index contributed by atoms with van der Waals surface area (Å²) >= 11 is 0. The molecule has 1 aliphatic carbocycles. The second kappa shape index (κ2) is 2.64. The molecule has 0 aromatic heterocycles. The summed E-state index contributed by atoms with van der Waals surface area (Å²) in [7, 11) is 0. The molecule has 4 heteroatoms. The van der Waals surface area contributed by atoms with Crippen molar-refractivity contribution in [1.82, 2.24) is 5.32 Å². The van der Waals surface area contributed by atoms with Crippen molar-refractivity contribution in [3.8, 4) is 0 Å². The Morgan fingerprint density at radius 3 is 2.09 bits per heavy atom. The Kier molecular flexibility index (Phi) is 2.12. The zero-order valence-corrected chi connectivity index (χ0v) is 7.12. The van der Waals surface area contributed by atoms with Crippen LogP contribution in [-0.4, -0.2) is 19.0 Å². The Morgan fingerprint density at radius 2 is 2.00 bits per heavy atom. The van der Waals surface area contributed by atoms with Gasteiger partial charge in [0.05, 0.1) is 5.41 Å². The number of hydrogen-bond acceptors (Lipinski definition) is 2. The van der Waals surface area contributed by atoms with E-state index in [-0.39, 0.29) is 23.7 Å². The van der Waals surface area contributed by atoms with Gasteiger partial charge in [0.1, 0.15) is 0 Å². The van der Waals surface area contributed by atoms with Gasteiger partial charge >= 0.3 is 0 Å². The van der Waals surface area contributed by atoms with Gasteiger partial charge in [0.2, 0.25) is 5.91 Å². The molecule has 3 nitrogen and oxygen atoms in total. The fourth-order valence-electron chi connectivity index (χ4n) is 1.67. The molecule has 1 aliphatic heterocycles. The largest absolute Gasteiger partial charge is 0.369 e. The molecule has 0 aromatic rings. The summed E-state index contributed by atoms with van der Waals surface area (Å²) in [4.78, 5) is 10.9. The lowest BCUT2D eigenvalue weighted by atomic mass is 9.84. The van der Waals surface area contributed by atoms with Crippen LogP contribution in [0.5, 0.6) is 0 Å². The van der Waals surface area contributed by atoms with Gasteiger partial charge in [0.15, 0.2) is 0 Å². The fraction of sp³-hybridized carbons (Fsp3) is 0.857. The van der Waals surface area contributed by atoms with E-state index in [4.69, 9.17) is 5.73 Å². The Hall–Kier alpha value is -0.280. The summed E-state index contributed by atoms with van der Waals surface area (Å²) in [5.74, 6) is 0.462. The number of hydrogen-bond donors (Lipinski definition) is 2. The third-order valence-electron chi connectivity index (χ3n) is 2.84. The molecule has 0 unspecified atom stereocenters. The minimum atomic E-state index is -0.0843. The maximum absolute atomic E-state index is 10.9. The van der Waals surface area contributed by atoms with Crippen LogP contribution in [0.2, 0.25) is 0 Å². The van der Waals surface area contributed by atoms with E-state index < -0.39 is 0 Å². The third kappa shape index (κ3) is 1.12. The Labute approximate surface area is 72.1 Å². The first-order chi connectivity index (χ1) is 4.76. The Morgan fingerprint density at radius 1 is 1.45 bits per heavy atom. The SMILES string of the molecule is Cl.NC(=O)C1(C2CNC2)CC1. The molecule has 0 atom stereocenters. The molecular weight excluding hydrogens is 164 g/mol. The number of halogens is 1. The highest BCUT2D eigenvalue weighted by atomic mass is 35.5. The first kappa shape index (κ1) is 8.81. The van der Waals surface area contributed by atoms with E-state index in [2.05, 4.69) is 5.32 Å². The molecule has 0 aromatic carbocycles. The molecule has 1 heterocycles. The van der Waals surface area contributed by atoms with Gasteiger partial charge in [-0.05, 0) is 18.8 Å². The fourth-order valence-corrected chi connectivity index (χ4v) is 1.67. The number of carbonyl (C=O) groups is 1. The summed E-state index contributed by atoms with van der Waals surface area (Å²) in [6.45, 7) is 1.98. The zero-order chi connectivity index (χ0) is 7.19. The maximum atomic E-state index is 10.9. The lowest BCUT2D eigenvalue weighted by molar-refractivity contribution is -0.125. The average Bonchev–Trinajstić information content (AvgIpc) is 2.41. The van der Waals surface area contributed by atoms with Crippen LogP contribution in [0.15, 0.2) is 0 Å². The first-order valence-electron chi connectivity index (χ1n) is 3.76. The molecule has 11 heavy (non-hydrogen) atoms. The standard InChI is InChI=1S/C7H12N2O.ClH/c8-6(10)7(1-2-7)5-3-9-4-5;/h5,9H,1-4H2,(H2,8,10);1H. The van der Waals surface area contributed by atoms with Gasteiger partial charge in [-0.25, -0.2) is 0 Å². The highest BCUT2D eigenvalue weighted by Crippen LogP contribution is 2.52. The molecule has 0 radical (unpaired) electrons. The van der Waals surface area contributed by atoms with Gasteiger partial charge in [-0.1, -0.05) is 0 Å². The highest BCUT2D eigenvalue weighted by Gasteiger charge is 2.55. The van der Waals surface area contributed by atoms with Crippen LogP contribution in [-0.2, 0) is 4.79 Å². The quantitative estimate of drug-likeness (QED) is 0.617. The molecule has 1 amide bonds. The number of nitrogens with two attached hydrogens (primary N) is 1. The van der Waals surface area contributed by atoms with Crippen molar-refractivity contribution >= 4 is 18.3 Å². The van der Waals surface area contributed by atoms with Crippen LogP contribution in [0, 0.1) is 11.3 Å². The zero-order valence-electron chi connectivity index (χ0n) is 6.30. The van der Waals surface area contributed by atoms with Crippen molar-refractivity contribution in [3.63, 3.8) is 0 Å². The summed E-state index contributed by atoms with van der Waals surface area (Å²) in [5, 5.41) is 3.15. The van der Waals surface area contributed by atoms with E-state index in [1.165, 1.54) is 0 Å². The average molecular weight is 177 g/mol. The summed E-state index contributed by atoms with van der Waals surface area (Å²) in [5.41, 5.74) is 5.20. The third-order valence-corrected chi connectivity index (χ3v) is 2.84. The van der Waals surface area contributed by atoms with Gasteiger partial charge in [0.25, 0.3) is 0 Å². The lowest BCUT2D eigenvalue weighted by Crippen LogP contribution is -2.50. The van der Waals surface area contributed by atoms with E-state index in [9.17, 15) is 4.79 Å². The van der Waals surface area contributed by atoms with E-state index in [0.29, 0.717) is 5.92 Å². The number of carbonyl (C=O) groups excluding carboxylic acids is 1. The van der Waals surface area contributed by atoms with E-state index >= 15 is 0 Å². The van der Waals surface area contributed by atoms with E-state index in [1.54, 1.807) is 0 Å². The normalized spacial score (nSPS) is 26.5. The van der Waals surface area contributed by atoms with Gasteiger partial charge in [-0.3, -0.25) is 4.79 Å². The van der Waals surface area contributed by atoms with Crippen molar-refractivity contribution in [2.75, 3.05) is 13.1 Å². The van der Waals surface area contributed by atoms with Gasteiger partial charge in [0, 0.05) is 13.1 Å². The smallest absolute Gasteiger partial charge is 0.224 e. The van der Waals surface area contributed by atoms with Crippen molar-refractivity contribution in [2.24, 2.45) is 17.1 Å². The highest BCUT2D eigenvalue weighted by molar-refractivity contribution is 5.85. The second-order valence-electron chi connectivity index (χ2n) is 3.38. The number of nitrogens with one attached hydrogen (secondary N) is 1. The second-order valence-corrected chi connectivity index (χ2v) is 3.38. The first-order valence-corrected chi connectivity index (χ1v) is 3.76. The molecule has 2 aliphatic rings. The molecule has 3 N–H and O–H groups in total. The molecule has 1 saturated carbocycles. The number of rotatable bonds is 2. The van der Waals surface area contributed by atoms with E-state index in [0.717, 1.165) is 25.9 Å². The molecule has 64 valence electrons. The predicted octanol–water partition coefficient (Wildman–Crippen LogP) is -0.107. The van der Waals surface area contributed by atoms with Crippen molar-refractivity contribution in [1.29, 1.82) is 0 Å². The molecular formula is C7H13ClN2O. The van der Waals surface area contributed by atoms with Gasteiger partial charge in [-0.15, -0.1) is 12.4 Å². The van der Waals surface area contributed by atoms with Crippen LogP contribution >= 0.6 is 12.4 Å². The minimum Gasteiger partial charge on any atom is -0.369 e. The van der Waals surface area contributed by atoms with Crippen LogP contribution in [0.25, 0.3) is 0 Å². The van der Waals surface area contributed by atoms with Gasteiger partial charge < -0.3 is 11.1 Å². The maximum Gasteiger partial charge on any atom is 0.224 e. The predicted molar refractivity (Wildman–Crippen MR) is 44.5 cm³/mol. The molecule has 1 saturated heterocycles. The Balaban J connectivity index is 0.000000605. The summed E-state index contributed by atoms with van der Waals surface area (Å²) in [6, 6.07) is 0. The molecule has 0 spiro atoms. The summed E-state index contributed by atoms with van der Waals surface area (Å²) < 4.78 is 0. The number of primary amides is 1. The van der Waals surface area contributed by atoms with Crippen molar-refractivity contribution in [2.45, 2.75) is 12.8 Å². The molecule has 2 rings (SSSR count). The van der Waals surface area contributed by atoms with Gasteiger partial charge in [-0.2, -0.15) is 0 Å². The Bertz CT molecular complexity index is 175. The monoisotopic (exact) mass is 176 g/mol. The molecule has 2 fully saturated rings. The van der Waals surface area contributed by atoms with E-state index in [1.807, 2.05) is 0 Å². The van der Waals surface area contributed by atoms with Crippen LogP contribution in [0.1, 0.15) is 12.8 Å². The van der Waals surface area contributed by atoms with Crippen molar-refractivity contribution in [3.05, 3.63) is 0 Å². The lowest BCUT2D eigenvalue weighted by Gasteiger charge is -2.33. The number of amides is 1. The topological polar surface area (TPSA) is 55.1 Å². The minimum absolute atomic E-state index is 0. The summed E-state index contributed by atoms with van der Waals surface area (Å²) in [6.07, 6.45) is 2.04. The van der Waals surface area contributed by atoms with Crippen molar-refractivity contribution < 1.29 is 4.79 Å². The van der Waals surface area contributed by atoms with Crippen LogP contribution in [0.4, 0.5) is 0 Å². The van der Waals surface area contributed by atoms with Crippen LogP contribution in [0.3, 0.4) is 0 Å². The molecule has 0 bridgehead atoms. The van der Waals surface area contributed by atoms with Crippen LogP contribution < -0.4 is 11.1 Å².